The van der Waals surface area contributed by atoms with Crippen LogP contribution in [-0.2, 0) is 9.47 Å². The number of pyridine rings is 1. The van der Waals surface area contributed by atoms with Crippen LogP contribution >= 0.6 is 0 Å². The molecular weight excluding hydrogens is 358 g/mol. The monoisotopic (exact) mass is 381 g/mol. The van der Waals surface area contributed by atoms with Crippen LogP contribution in [0.3, 0.4) is 0 Å². The van der Waals surface area contributed by atoms with Gasteiger partial charge in [0.2, 0.25) is 0 Å². The van der Waals surface area contributed by atoms with Gasteiger partial charge in [-0.3, -0.25) is 5.32 Å². The minimum absolute atomic E-state index is 0.184. The summed E-state index contributed by atoms with van der Waals surface area (Å²) >= 11 is 0. The van der Waals surface area contributed by atoms with Crippen molar-refractivity contribution in [1.29, 1.82) is 0 Å². The highest BCUT2D eigenvalue weighted by Gasteiger charge is 2.13. The Kier molecular flexibility index (Phi) is 5.12. The smallest absolute Gasteiger partial charge is 0.411 e. The Morgan fingerprint density at radius 3 is 2.71 bits per heavy atom. The van der Waals surface area contributed by atoms with E-state index < -0.39 is 6.09 Å². The van der Waals surface area contributed by atoms with Gasteiger partial charge in [-0.15, -0.1) is 0 Å². The maximum atomic E-state index is 11.7. The summed E-state index contributed by atoms with van der Waals surface area (Å²) in [7, 11) is 0. The Morgan fingerprint density at radius 1 is 1.25 bits per heavy atom. The summed E-state index contributed by atoms with van der Waals surface area (Å²) in [6.45, 7) is 6.93. The Balaban J connectivity index is 1.51. The number of morpholine rings is 1. The quantitative estimate of drug-likeness (QED) is 0.719. The first-order chi connectivity index (χ1) is 13.6. The number of rotatable bonds is 4. The van der Waals surface area contributed by atoms with Gasteiger partial charge in [0.25, 0.3) is 0 Å². The lowest BCUT2D eigenvalue weighted by molar-refractivity contribution is 0.122. The number of nitrogens with one attached hydrogen (secondary N) is 2. The van der Waals surface area contributed by atoms with Crippen molar-refractivity contribution >= 4 is 28.6 Å². The van der Waals surface area contributed by atoms with Crippen LogP contribution in [0.4, 0.5) is 16.2 Å². The summed E-state index contributed by atoms with van der Waals surface area (Å²) in [6.07, 6.45) is 0.876. The highest BCUT2D eigenvalue weighted by molar-refractivity contribution is 5.88. The van der Waals surface area contributed by atoms with Crippen LogP contribution in [0.5, 0.6) is 0 Å². The van der Waals surface area contributed by atoms with Gasteiger partial charge < -0.3 is 19.4 Å². The number of amides is 1. The number of carbonyl (C=O) groups excluding carboxylic acids is 1. The molecule has 3 aromatic rings. The van der Waals surface area contributed by atoms with Gasteiger partial charge in [-0.1, -0.05) is 0 Å². The number of anilines is 2. The maximum Gasteiger partial charge on any atom is 0.411 e. The molecule has 1 saturated heterocycles. The van der Waals surface area contributed by atoms with E-state index in [1.807, 2.05) is 12.1 Å². The topological polar surface area (TPSA) is 92.4 Å². The zero-order chi connectivity index (χ0) is 19.5. The second-order valence-electron chi connectivity index (χ2n) is 6.91. The molecule has 0 bridgehead atoms. The van der Waals surface area contributed by atoms with E-state index in [9.17, 15) is 4.79 Å². The summed E-state index contributed by atoms with van der Waals surface area (Å²) < 4.78 is 10.5. The minimum atomic E-state index is -0.505. The molecule has 1 fully saturated rings. The van der Waals surface area contributed by atoms with Gasteiger partial charge in [0.1, 0.15) is 5.82 Å². The SMILES string of the molecule is CC(C)OC(=O)Nc1cnc2nc(-c3ccc(N4CCOCC4)cc3)[nH]c2c1. The number of hydrogen-bond acceptors (Lipinski definition) is 6. The molecule has 0 saturated carbocycles. The maximum absolute atomic E-state index is 11.7. The van der Waals surface area contributed by atoms with Crippen LogP contribution in [0, 0.1) is 0 Å². The molecule has 3 heterocycles. The van der Waals surface area contributed by atoms with E-state index in [0.717, 1.165) is 43.2 Å². The first-order valence-electron chi connectivity index (χ1n) is 9.35. The van der Waals surface area contributed by atoms with Crippen molar-refractivity contribution in [2.75, 3.05) is 36.5 Å². The van der Waals surface area contributed by atoms with Gasteiger partial charge in [0.15, 0.2) is 5.65 Å². The number of H-pyrrole nitrogens is 1. The molecule has 28 heavy (non-hydrogen) atoms. The van der Waals surface area contributed by atoms with Crippen molar-refractivity contribution in [3.8, 4) is 11.4 Å². The van der Waals surface area contributed by atoms with Crippen molar-refractivity contribution in [1.82, 2.24) is 15.0 Å². The Bertz CT molecular complexity index is 962. The third-order valence-electron chi connectivity index (χ3n) is 4.44. The Morgan fingerprint density at radius 2 is 2.00 bits per heavy atom. The van der Waals surface area contributed by atoms with E-state index in [0.29, 0.717) is 11.3 Å². The van der Waals surface area contributed by atoms with Crippen LogP contribution in [0.25, 0.3) is 22.6 Å². The largest absolute Gasteiger partial charge is 0.447 e. The fraction of sp³-hybridized carbons (Fsp3) is 0.350. The molecule has 2 N–H and O–H groups in total. The van der Waals surface area contributed by atoms with E-state index in [1.54, 1.807) is 26.1 Å². The third kappa shape index (κ3) is 4.07. The summed E-state index contributed by atoms with van der Waals surface area (Å²) in [5.74, 6) is 0.734. The van der Waals surface area contributed by atoms with Gasteiger partial charge in [-0.2, -0.15) is 0 Å². The van der Waals surface area contributed by atoms with Crippen molar-refractivity contribution in [2.45, 2.75) is 20.0 Å². The van der Waals surface area contributed by atoms with Crippen LogP contribution < -0.4 is 10.2 Å². The second-order valence-corrected chi connectivity index (χ2v) is 6.91. The number of aromatic amines is 1. The lowest BCUT2D eigenvalue weighted by Crippen LogP contribution is -2.36. The normalized spacial score (nSPS) is 14.5. The first-order valence-corrected chi connectivity index (χ1v) is 9.35. The average molecular weight is 381 g/mol. The molecule has 1 aromatic carbocycles. The molecule has 0 spiro atoms. The standard InChI is InChI=1S/C20H23N5O3/c1-13(2)28-20(26)22-15-11-17-19(21-12-15)24-18(23-17)14-3-5-16(6-4-14)25-7-9-27-10-8-25/h3-6,11-13H,7-10H2,1-2H3,(H,22,26)(H,21,23,24). The molecule has 1 aliphatic rings. The van der Waals surface area contributed by atoms with Gasteiger partial charge in [0, 0.05) is 24.3 Å². The van der Waals surface area contributed by atoms with Crippen LogP contribution in [0.15, 0.2) is 36.5 Å². The van der Waals surface area contributed by atoms with E-state index in [1.165, 1.54) is 5.69 Å². The molecule has 0 radical (unpaired) electrons. The van der Waals surface area contributed by atoms with Gasteiger partial charge in [-0.05, 0) is 44.2 Å². The Labute approximate surface area is 162 Å². The number of carbonyl (C=O) groups is 1. The highest BCUT2D eigenvalue weighted by atomic mass is 16.6. The van der Waals surface area contributed by atoms with E-state index >= 15 is 0 Å². The number of ether oxygens (including phenoxy) is 2. The molecule has 0 unspecified atom stereocenters. The minimum Gasteiger partial charge on any atom is -0.447 e. The predicted molar refractivity (Wildman–Crippen MR) is 108 cm³/mol. The van der Waals surface area contributed by atoms with Crippen LogP contribution in [0.1, 0.15) is 13.8 Å². The molecule has 1 aliphatic heterocycles. The van der Waals surface area contributed by atoms with Crippen molar-refractivity contribution in [3.05, 3.63) is 36.5 Å². The summed E-state index contributed by atoms with van der Waals surface area (Å²) in [5.41, 5.74) is 4.04. The molecule has 0 aliphatic carbocycles. The van der Waals surface area contributed by atoms with Gasteiger partial charge in [-0.25, -0.2) is 14.8 Å². The first kappa shape index (κ1) is 18.2. The van der Waals surface area contributed by atoms with E-state index in [4.69, 9.17) is 9.47 Å². The number of nitrogens with zero attached hydrogens (tertiary/aromatic N) is 3. The van der Waals surface area contributed by atoms with E-state index in [2.05, 4.69) is 37.3 Å². The average Bonchev–Trinajstić information content (AvgIpc) is 3.11. The van der Waals surface area contributed by atoms with Crippen molar-refractivity contribution in [2.24, 2.45) is 0 Å². The molecule has 4 rings (SSSR count). The molecule has 1 amide bonds. The number of imidazole rings is 1. The van der Waals surface area contributed by atoms with Crippen molar-refractivity contribution < 1.29 is 14.3 Å². The molecule has 8 heteroatoms. The Hall–Kier alpha value is -3.13. The predicted octanol–water partition coefficient (Wildman–Crippen LogP) is 3.42. The van der Waals surface area contributed by atoms with Gasteiger partial charge in [0.05, 0.1) is 36.7 Å². The number of fused-ring (bicyclic) bond motifs is 1. The fourth-order valence-corrected chi connectivity index (χ4v) is 3.12. The lowest BCUT2D eigenvalue weighted by Gasteiger charge is -2.28. The molecule has 2 aromatic heterocycles. The highest BCUT2D eigenvalue weighted by Crippen LogP contribution is 2.24. The number of hydrogen-bond donors (Lipinski definition) is 2. The number of aromatic nitrogens is 3. The van der Waals surface area contributed by atoms with Crippen LogP contribution in [0.2, 0.25) is 0 Å². The third-order valence-corrected chi connectivity index (χ3v) is 4.44. The van der Waals surface area contributed by atoms with Gasteiger partial charge >= 0.3 is 6.09 Å². The molecule has 8 nitrogen and oxygen atoms in total. The zero-order valence-electron chi connectivity index (χ0n) is 15.9. The number of benzene rings is 1. The van der Waals surface area contributed by atoms with Crippen molar-refractivity contribution in [3.63, 3.8) is 0 Å². The molecule has 146 valence electrons. The van der Waals surface area contributed by atoms with Crippen LogP contribution in [-0.4, -0.2) is 53.5 Å². The van der Waals surface area contributed by atoms with E-state index in [-0.39, 0.29) is 6.10 Å². The summed E-state index contributed by atoms with van der Waals surface area (Å²) in [4.78, 5) is 26.2. The second kappa shape index (κ2) is 7.85. The fourth-order valence-electron chi connectivity index (χ4n) is 3.12. The summed E-state index contributed by atoms with van der Waals surface area (Å²) in [5, 5.41) is 2.67. The molecular formula is C20H23N5O3. The molecule has 0 atom stereocenters. The summed E-state index contributed by atoms with van der Waals surface area (Å²) in [6, 6.07) is 10.1. The lowest BCUT2D eigenvalue weighted by atomic mass is 10.2. The zero-order valence-corrected chi connectivity index (χ0v) is 15.9.